The van der Waals surface area contributed by atoms with E-state index < -0.39 is 11.2 Å². The summed E-state index contributed by atoms with van der Waals surface area (Å²) in [5.74, 6) is -0.0984. The van der Waals surface area contributed by atoms with Gasteiger partial charge in [0, 0.05) is 19.2 Å². The van der Waals surface area contributed by atoms with E-state index in [2.05, 4.69) is 17.2 Å². The molecule has 0 radical (unpaired) electrons. The van der Waals surface area contributed by atoms with Crippen LogP contribution in [-0.4, -0.2) is 53.4 Å². The fourth-order valence-electron chi connectivity index (χ4n) is 3.47. The van der Waals surface area contributed by atoms with E-state index in [-0.39, 0.29) is 18.2 Å². The van der Waals surface area contributed by atoms with Crippen molar-refractivity contribution in [3.63, 3.8) is 0 Å². The number of carbonyl (C=O) groups is 3. The molecule has 8 nitrogen and oxygen atoms in total. The van der Waals surface area contributed by atoms with E-state index in [4.69, 9.17) is 9.47 Å². The molecule has 1 N–H and O–H groups in total. The molecule has 1 saturated heterocycles. The quantitative estimate of drug-likeness (QED) is 0.320. The van der Waals surface area contributed by atoms with Crippen LogP contribution >= 0.6 is 11.8 Å². The molecule has 36 heavy (non-hydrogen) atoms. The van der Waals surface area contributed by atoms with Crippen molar-refractivity contribution in [1.82, 2.24) is 4.90 Å². The number of nitrogens with zero attached hydrogens (tertiary/aromatic N) is 2. The third kappa shape index (κ3) is 7.84. The molecule has 2 aromatic rings. The number of benzene rings is 2. The third-order valence-electron chi connectivity index (χ3n) is 5.55. The van der Waals surface area contributed by atoms with Crippen LogP contribution in [0.2, 0.25) is 0 Å². The number of amidine groups is 1. The lowest BCUT2D eigenvalue weighted by Gasteiger charge is -2.28. The minimum atomic E-state index is -0.610. The van der Waals surface area contributed by atoms with Gasteiger partial charge < -0.3 is 14.8 Å². The second-order valence-corrected chi connectivity index (χ2v) is 9.52. The van der Waals surface area contributed by atoms with Gasteiger partial charge in [-0.3, -0.25) is 14.5 Å². The first kappa shape index (κ1) is 27.3. The minimum absolute atomic E-state index is 0.0762. The Kier molecular flexibility index (Phi) is 10.4. The number of hydrogen-bond acceptors (Lipinski definition) is 7. The highest BCUT2D eigenvalue weighted by Gasteiger charge is 2.34. The predicted molar refractivity (Wildman–Crippen MR) is 143 cm³/mol. The molecular weight excluding hydrogens is 478 g/mol. The van der Waals surface area contributed by atoms with Crippen molar-refractivity contribution < 1.29 is 23.9 Å². The van der Waals surface area contributed by atoms with Crippen molar-refractivity contribution >= 4 is 46.1 Å². The van der Waals surface area contributed by atoms with Crippen molar-refractivity contribution in [1.29, 1.82) is 0 Å². The first-order valence-corrected chi connectivity index (χ1v) is 13.1. The summed E-state index contributed by atoms with van der Waals surface area (Å²) in [6.45, 7) is 4.90. The standard InChI is InChI=1S/C27H33N3O5S/c1-4-6-7-8-17-35-22-15-13-20(14-16-22)28-25(32)23-18-24(31)30(3)27(36-23)29-21-11-9-19(10-12-21)26(33)34-5-2/h9-16,23H,4-8,17-18H2,1-3H3,(H,28,32). The van der Waals surface area contributed by atoms with Crippen molar-refractivity contribution in [3.05, 3.63) is 54.1 Å². The van der Waals surface area contributed by atoms with E-state index in [1.807, 2.05) is 12.1 Å². The maximum atomic E-state index is 12.9. The van der Waals surface area contributed by atoms with Gasteiger partial charge >= 0.3 is 5.97 Å². The summed E-state index contributed by atoms with van der Waals surface area (Å²) in [7, 11) is 1.64. The lowest BCUT2D eigenvalue weighted by atomic mass is 10.2. The predicted octanol–water partition coefficient (Wildman–Crippen LogP) is 5.41. The number of nitrogens with one attached hydrogen (secondary N) is 1. The Hall–Kier alpha value is -3.33. The van der Waals surface area contributed by atoms with Crippen molar-refractivity contribution in [2.24, 2.45) is 4.99 Å². The Morgan fingerprint density at radius 1 is 1.06 bits per heavy atom. The van der Waals surface area contributed by atoms with Gasteiger partial charge in [0.2, 0.25) is 11.8 Å². The van der Waals surface area contributed by atoms with Crippen LogP contribution in [0.5, 0.6) is 5.75 Å². The van der Waals surface area contributed by atoms with E-state index >= 15 is 0 Å². The van der Waals surface area contributed by atoms with Gasteiger partial charge in [-0.25, -0.2) is 9.79 Å². The molecule has 1 unspecified atom stereocenters. The molecule has 1 heterocycles. The van der Waals surface area contributed by atoms with Gasteiger partial charge in [-0.05, 0) is 61.9 Å². The van der Waals surface area contributed by atoms with E-state index in [0.717, 1.165) is 18.6 Å². The second kappa shape index (κ2) is 13.7. The van der Waals surface area contributed by atoms with Crippen LogP contribution in [0.3, 0.4) is 0 Å². The van der Waals surface area contributed by atoms with Crippen LogP contribution in [0, 0.1) is 0 Å². The van der Waals surface area contributed by atoms with Crippen molar-refractivity contribution in [2.45, 2.75) is 51.2 Å². The molecule has 192 valence electrons. The highest BCUT2D eigenvalue weighted by Crippen LogP contribution is 2.29. The lowest BCUT2D eigenvalue weighted by molar-refractivity contribution is -0.128. The smallest absolute Gasteiger partial charge is 0.338 e. The Morgan fingerprint density at radius 2 is 1.78 bits per heavy atom. The summed E-state index contributed by atoms with van der Waals surface area (Å²) in [6.07, 6.45) is 4.65. The number of rotatable bonds is 11. The molecule has 1 aliphatic rings. The monoisotopic (exact) mass is 511 g/mol. The Balaban J connectivity index is 1.60. The van der Waals surface area contributed by atoms with Crippen molar-refractivity contribution in [2.75, 3.05) is 25.6 Å². The summed E-state index contributed by atoms with van der Waals surface area (Å²) in [5, 5.41) is 2.69. The molecule has 2 amide bonds. The number of thioether (sulfide) groups is 1. The summed E-state index contributed by atoms with van der Waals surface area (Å²) in [6, 6.07) is 13.8. The first-order chi connectivity index (χ1) is 17.4. The molecule has 0 aliphatic carbocycles. The van der Waals surface area contributed by atoms with Gasteiger partial charge in [-0.2, -0.15) is 0 Å². The van der Waals surface area contributed by atoms with Crippen LogP contribution in [0.4, 0.5) is 11.4 Å². The highest BCUT2D eigenvalue weighted by molar-refractivity contribution is 8.15. The number of hydrogen-bond donors (Lipinski definition) is 1. The Morgan fingerprint density at radius 3 is 2.44 bits per heavy atom. The molecule has 0 spiro atoms. The van der Waals surface area contributed by atoms with Gasteiger partial charge in [0.05, 0.1) is 24.5 Å². The zero-order chi connectivity index (χ0) is 25.9. The molecule has 9 heteroatoms. The molecule has 0 saturated carbocycles. The van der Waals surface area contributed by atoms with Gasteiger partial charge in [0.25, 0.3) is 0 Å². The molecule has 0 aromatic heterocycles. The van der Waals surface area contributed by atoms with Crippen LogP contribution < -0.4 is 10.1 Å². The molecule has 1 fully saturated rings. The number of ether oxygens (including phenoxy) is 2. The largest absolute Gasteiger partial charge is 0.494 e. The number of carbonyl (C=O) groups excluding carboxylic acids is 3. The molecule has 1 aliphatic heterocycles. The maximum Gasteiger partial charge on any atom is 0.338 e. The van der Waals surface area contributed by atoms with Gasteiger partial charge in [-0.15, -0.1) is 0 Å². The lowest BCUT2D eigenvalue weighted by Crippen LogP contribution is -2.43. The first-order valence-electron chi connectivity index (χ1n) is 12.2. The summed E-state index contributed by atoms with van der Waals surface area (Å²) >= 11 is 1.23. The van der Waals surface area contributed by atoms with Gasteiger partial charge in [0.1, 0.15) is 11.0 Å². The summed E-state index contributed by atoms with van der Waals surface area (Å²) in [5.41, 5.74) is 1.63. The summed E-state index contributed by atoms with van der Waals surface area (Å²) in [4.78, 5) is 43.3. The molecular formula is C27H33N3O5S. The number of amides is 2. The zero-order valence-corrected chi connectivity index (χ0v) is 21.8. The topological polar surface area (TPSA) is 97.3 Å². The average Bonchev–Trinajstić information content (AvgIpc) is 2.88. The highest BCUT2D eigenvalue weighted by atomic mass is 32.2. The molecule has 1 atom stereocenters. The van der Waals surface area contributed by atoms with E-state index in [1.165, 1.54) is 29.5 Å². The number of aliphatic imine (C=N–C) groups is 1. The van der Waals surface area contributed by atoms with Crippen LogP contribution in [0.15, 0.2) is 53.5 Å². The number of anilines is 1. The Labute approximate surface area is 216 Å². The Bertz CT molecular complexity index is 1070. The van der Waals surface area contributed by atoms with E-state index in [0.29, 0.717) is 35.3 Å². The molecule has 0 bridgehead atoms. The van der Waals surface area contributed by atoms with Crippen LogP contribution in [0.1, 0.15) is 56.3 Å². The van der Waals surface area contributed by atoms with E-state index in [9.17, 15) is 14.4 Å². The number of esters is 1. The SMILES string of the molecule is CCCCCCOc1ccc(NC(=O)C2CC(=O)N(C)C(=Nc3ccc(C(=O)OCC)cc3)S2)cc1. The summed E-state index contributed by atoms with van der Waals surface area (Å²) < 4.78 is 10.7. The fraction of sp³-hybridized carbons (Fsp3) is 0.407. The maximum absolute atomic E-state index is 12.9. The fourth-order valence-corrected chi connectivity index (χ4v) is 4.54. The van der Waals surface area contributed by atoms with E-state index in [1.54, 1.807) is 50.4 Å². The van der Waals surface area contributed by atoms with Crippen LogP contribution in [0.25, 0.3) is 0 Å². The third-order valence-corrected chi connectivity index (χ3v) is 6.79. The second-order valence-electron chi connectivity index (χ2n) is 8.35. The molecule has 3 rings (SSSR count). The van der Waals surface area contributed by atoms with Gasteiger partial charge in [0.15, 0.2) is 5.17 Å². The zero-order valence-electron chi connectivity index (χ0n) is 21.0. The molecule has 2 aromatic carbocycles. The van der Waals surface area contributed by atoms with Gasteiger partial charge in [-0.1, -0.05) is 37.9 Å². The average molecular weight is 512 g/mol. The normalized spacial score (nSPS) is 16.6. The number of unbranched alkanes of at least 4 members (excludes halogenated alkanes) is 3. The van der Waals surface area contributed by atoms with Crippen LogP contribution in [-0.2, 0) is 14.3 Å². The van der Waals surface area contributed by atoms with Crippen molar-refractivity contribution in [3.8, 4) is 5.75 Å². The minimum Gasteiger partial charge on any atom is -0.494 e.